The highest BCUT2D eigenvalue weighted by Gasteiger charge is 2.24. The van der Waals surface area contributed by atoms with Crippen molar-refractivity contribution in [2.24, 2.45) is 0 Å². The monoisotopic (exact) mass is 432 g/mol. The molecule has 0 radical (unpaired) electrons. The Balaban J connectivity index is 1.67. The van der Waals surface area contributed by atoms with Crippen molar-refractivity contribution in [1.29, 1.82) is 0 Å². The number of amides is 1. The van der Waals surface area contributed by atoms with E-state index in [9.17, 15) is 9.18 Å². The van der Waals surface area contributed by atoms with Gasteiger partial charge in [0.1, 0.15) is 5.82 Å². The van der Waals surface area contributed by atoms with E-state index in [1.54, 1.807) is 24.1 Å². The molecule has 7 heteroatoms. The average molecular weight is 433 g/mol. The number of carbonyl (C=O) groups is 1. The Morgan fingerprint density at radius 1 is 0.935 bits per heavy atom. The molecular weight excluding hydrogens is 411 g/mol. The fourth-order valence-electron chi connectivity index (χ4n) is 3.20. The van der Waals surface area contributed by atoms with Crippen molar-refractivity contribution in [2.45, 2.75) is 17.3 Å². The van der Waals surface area contributed by atoms with Gasteiger partial charge in [0.2, 0.25) is 5.91 Å². The molecule has 31 heavy (non-hydrogen) atoms. The van der Waals surface area contributed by atoms with Gasteiger partial charge in [-0.05, 0) is 43.3 Å². The lowest BCUT2D eigenvalue weighted by molar-refractivity contribution is -0.117. The first-order chi connectivity index (χ1) is 15.0. The Kier molecular flexibility index (Phi) is 6.13. The highest BCUT2D eigenvalue weighted by Crippen LogP contribution is 2.31. The molecule has 5 nitrogen and oxygen atoms in total. The molecule has 1 heterocycles. The molecule has 1 aromatic heterocycles. The number of aromatic nitrogens is 3. The summed E-state index contributed by atoms with van der Waals surface area (Å²) in [6.45, 7) is 1.85. The number of halogens is 1. The van der Waals surface area contributed by atoms with Crippen LogP contribution in [0.3, 0.4) is 0 Å². The lowest BCUT2D eigenvalue weighted by Crippen LogP contribution is -2.33. The molecule has 1 unspecified atom stereocenters. The first-order valence-electron chi connectivity index (χ1n) is 9.80. The van der Waals surface area contributed by atoms with Crippen LogP contribution in [0.4, 0.5) is 10.1 Å². The minimum Gasteiger partial charge on any atom is -0.315 e. The molecule has 4 aromatic rings. The average Bonchev–Trinajstić information content (AvgIpc) is 3.23. The van der Waals surface area contributed by atoms with Gasteiger partial charge in [0.25, 0.3) is 0 Å². The second kappa shape index (κ2) is 9.14. The Hall–Kier alpha value is -3.45. The van der Waals surface area contributed by atoms with E-state index in [2.05, 4.69) is 10.2 Å². The van der Waals surface area contributed by atoms with Crippen LogP contribution in [0.2, 0.25) is 0 Å². The summed E-state index contributed by atoms with van der Waals surface area (Å²) in [6, 6.07) is 25.3. The number of hydrogen-bond donors (Lipinski definition) is 0. The number of thioether (sulfide) groups is 1. The first kappa shape index (κ1) is 20.8. The van der Waals surface area contributed by atoms with Crippen LogP contribution in [0.5, 0.6) is 0 Å². The molecule has 0 aliphatic heterocycles. The third kappa shape index (κ3) is 4.51. The Morgan fingerprint density at radius 3 is 2.19 bits per heavy atom. The molecule has 0 spiro atoms. The molecule has 0 aliphatic rings. The predicted octanol–water partition coefficient (Wildman–Crippen LogP) is 5.22. The van der Waals surface area contributed by atoms with Crippen LogP contribution < -0.4 is 4.90 Å². The van der Waals surface area contributed by atoms with E-state index >= 15 is 0 Å². The quantitative estimate of drug-likeness (QED) is 0.392. The third-order valence-corrected chi connectivity index (χ3v) is 5.88. The summed E-state index contributed by atoms with van der Waals surface area (Å²) >= 11 is 1.32. The van der Waals surface area contributed by atoms with E-state index in [1.807, 2.05) is 72.2 Å². The normalized spacial score (nSPS) is 11.8. The minimum absolute atomic E-state index is 0.0499. The lowest BCUT2D eigenvalue weighted by atomic mass is 10.2. The van der Waals surface area contributed by atoms with Gasteiger partial charge in [0.15, 0.2) is 11.0 Å². The number of hydrogen-bond acceptors (Lipinski definition) is 4. The van der Waals surface area contributed by atoms with E-state index in [0.717, 1.165) is 16.9 Å². The van der Waals surface area contributed by atoms with Crippen molar-refractivity contribution in [1.82, 2.24) is 14.8 Å². The van der Waals surface area contributed by atoms with E-state index in [1.165, 1.54) is 23.9 Å². The Bertz CT molecular complexity index is 1160. The number of para-hydroxylation sites is 1. The summed E-state index contributed by atoms with van der Waals surface area (Å²) in [5.41, 5.74) is 2.43. The van der Waals surface area contributed by atoms with Gasteiger partial charge < -0.3 is 4.90 Å². The molecule has 0 fully saturated rings. The molecule has 0 bridgehead atoms. The number of benzene rings is 3. The standard InChI is InChI=1S/C24H21FN4OS/c1-17(23(30)28(2)20-11-7-4-8-12-20)31-24-27-26-22(18-9-5-3-6-10-18)29(24)21-15-13-19(25)14-16-21/h3-17H,1-2H3. The largest absolute Gasteiger partial charge is 0.315 e. The highest BCUT2D eigenvalue weighted by molar-refractivity contribution is 8.00. The van der Waals surface area contributed by atoms with Gasteiger partial charge in [-0.25, -0.2) is 4.39 Å². The van der Waals surface area contributed by atoms with Gasteiger partial charge in [-0.2, -0.15) is 0 Å². The molecule has 0 saturated heterocycles. The maximum Gasteiger partial charge on any atom is 0.240 e. The summed E-state index contributed by atoms with van der Waals surface area (Å²) in [5, 5.41) is 8.89. The molecule has 156 valence electrons. The SMILES string of the molecule is CC(Sc1nnc(-c2ccccc2)n1-c1ccc(F)cc1)C(=O)N(C)c1ccccc1. The van der Waals surface area contributed by atoms with E-state index in [-0.39, 0.29) is 11.7 Å². The van der Waals surface area contributed by atoms with Crippen LogP contribution >= 0.6 is 11.8 Å². The molecule has 0 aliphatic carbocycles. The maximum atomic E-state index is 13.5. The Labute approximate surface area is 184 Å². The molecule has 0 saturated carbocycles. The maximum absolute atomic E-state index is 13.5. The topological polar surface area (TPSA) is 51.0 Å². The second-order valence-corrected chi connectivity index (χ2v) is 8.28. The summed E-state index contributed by atoms with van der Waals surface area (Å²) in [5.74, 6) is 0.261. The molecule has 3 aromatic carbocycles. The van der Waals surface area contributed by atoms with Crippen LogP contribution in [0, 0.1) is 5.82 Å². The van der Waals surface area contributed by atoms with Crippen molar-refractivity contribution in [3.8, 4) is 17.1 Å². The Morgan fingerprint density at radius 2 is 1.55 bits per heavy atom. The van der Waals surface area contributed by atoms with E-state index in [4.69, 9.17) is 0 Å². The molecule has 4 rings (SSSR count). The van der Waals surface area contributed by atoms with Crippen LogP contribution in [-0.2, 0) is 4.79 Å². The highest BCUT2D eigenvalue weighted by atomic mass is 32.2. The summed E-state index contributed by atoms with van der Waals surface area (Å²) in [7, 11) is 1.76. The predicted molar refractivity (Wildman–Crippen MR) is 122 cm³/mol. The molecule has 0 N–H and O–H groups in total. The minimum atomic E-state index is -0.405. The zero-order valence-corrected chi connectivity index (χ0v) is 18.0. The zero-order chi connectivity index (χ0) is 21.8. The zero-order valence-electron chi connectivity index (χ0n) is 17.1. The van der Waals surface area contributed by atoms with Crippen LogP contribution in [0.1, 0.15) is 6.92 Å². The van der Waals surface area contributed by atoms with E-state index in [0.29, 0.717) is 11.0 Å². The van der Waals surface area contributed by atoms with Crippen molar-refractivity contribution >= 4 is 23.4 Å². The molecule has 1 amide bonds. The van der Waals surface area contributed by atoms with Gasteiger partial charge in [0.05, 0.1) is 5.25 Å². The van der Waals surface area contributed by atoms with Crippen molar-refractivity contribution in [2.75, 3.05) is 11.9 Å². The number of nitrogens with zero attached hydrogens (tertiary/aromatic N) is 4. The number of carbonyl (C=O) groups excluding carboxylic acids is 1. The third-order valence-electron chi connectivity index (χ3n) is 4.85. The number of rotatable bonds is 6. The first-order valence-corrected chi connectivity index (χ1v) is 10.7. The molecular formula is C24H21FN4OS. The number of anilines is 1. The van der Waals surface area contributed by atoms with Crippen LogP contribution in [-0.4, -0.2) is 33.0 Å². The van der Waals surface area contributed by atoms with Gasteiger partial charge in [-0.15, -0.1) is 10.2 Å². The fraction of sp³-hybridized carbons (Fsp3) is 0.125. The summed E-state index contributed by atoms with van der Waals surface area (Å²) in [6.07, 6.45) is 0. The molecule has 1 atom stereocenters. The van der Waals surface area contributed by atoms with Gasteiger partial charge in [-0.3, -0.25) is 9.36 Å². The van der Waals surface area contributed by atoms with Gasteiger partial charge in [0, 0.05) is 24.0 Å². The summed E-state index contributed by atoms with van der Waals surface area (Å²) in [4.78, 5) is 14.6. The van der Waals surface area contributed by atoms with Gasteiger partial charge >= 0.3 is 0 Å². The second-order valence-electron chi connectivity index (χ2n) is 6.98. The van der Waals surface area contributed by atoms with Crippen molar-refractivity contribution < 1.29 is 9.18 Å². The van der Waals surface area contributed by atoms with Crippen molar-refractivity contribution in [3.05, 3.63) is 90.7 Å². The smallest absolute Gasteiger partial charge is 0.240 e. The van der Waals surface area contributed by atoms with E-state index < -0.39 is 5.25 Å². The van der Waals surface area contributed by atoms with Crippen LogP contribution in [0.25, 0.3) is 17.1 Å². The lowest BCUT2D eigenvalue weighted by Gasteiger charge is -2.21. The van der Waals surface area contributed by atoms with Gasteiger partial charge in [-0.1, -0.05) is 60.3 Å². The fourth-order valence-corrected chi connectivity index (χ4v) is 4.16. The van der Waals surface area contributed by atoms with Crippen molar-refractivity contribution in [3.63, 3.8) is 0 Å². The summed E-state index contributed by atoms with van der Waals surface area (Å²) < 4.78 is 15.4. The van der Waals surface area contributed by atoms with Crippen LogP contribution in [0.15, 0.2) is 90.1 Å².